The van der Waals surface area contributed by atoms with Crippen LogP contribution in [0.25, 0.3) is 10.4 Å². The van der Waals surface area contributed by atoms with Crippen molar-refractivity contribution in [1.29, 1.82) is 0 Å². The van der Waals surface area contributed by atoms with Gasteiger partial charge in [0.2, 0.25) is 5.91 Å². The zero-order valence-corrected chi connectivity index (χ0v) is 14.9. The van der Waals surface area contributed by atoms with E-state index >= 15 is 0 Å². The Morgan fingerprint density at radius 3 is 2.43 bits per heavy atom. The highest BCUT2D eigenvalue weighted by atomic mass is 28.4. The zero-order valence-electron chi connectivity index (χ0n) is 13.9. The van der Waals surface area contributed by atoms with Gasteiger partial charge in [0.05, 0.1) is 0 Å². The highest BCUT2D eigenvalue weighted by molar-refractivity contribution is 6.79. The fraction of sp³-hybridized carbons (Fsp3) is 0.562. The lowest BCUT2D eigenvalue weighted by Gasteiger charge is -2.27. The molecule has 1 aromatic rings. The van der Waals surface area contributed by atoms with Crippen molar-refractivity contribution in [3.05, 3.63) is 40.8 Å². The highest BCUT2D eigenvalue weighted by Crippen LogP contribution is 2.11. The molecule has 0 heterocycles. The van der Waals surface area contributed by atoms with Gasteiger partial charge in [-0.1, -0.05) is 43.7 Å². The van der Waals surface area contributed by atoms with Gasteiger partial charge in [-0.25, -0.2) is 0 Å². The molecule has 7 heteroatoms. The van der Waals surface area contributed by atoms with Crippen LogP contribution < -0.4 is 5.19 Å². The Morgan fingerprint density at radius 1 is 1.17 bits per heavy atom. The molecule has 0 spiro atoms. The van der Waals surface area contributed by atoms with E-state index in [4.69, 9.17) is 14.4 Å². The minimum atomic E-state index is -2.42. The van der Waals surface area contributed by atoms with Gasteiger partial charge in [-0.05, 0) is 41.6 Å². The lowest BCUT2D eigenvalue weighted by atomic mass is 10.2. The number of rotatable bonds is 11. The second-order valence-corrected chi connectivity index (χ2v) is 8.45. The number of hydrogen-bond donors (Lipinski definition) is 0. The Labute approximate surface area is 138 Å². The van der Waals surface area contributed by atoms with Gasteiger partial charge in [0, 0.05) is 24.5 Å². The Balaban J connectivity index is 2.50. The molecule has 6 nitrogen and oxygen atoms in total. The average molecular weight is 335 g/mol. The Hall–Kier alpha value is -1.66. The van der Waals surface area contributed by atoms with Crippen molar-refractivity contribution >= 4 is 19.7 Å². The van der Waals surface area contributed by atoms with Gasteiger partial charge in [0.25, 0.3) is 0 Å². The van der Waals surface area contributed by atoms with E-state index in [0.717, 1.165) is 24.4 Å². The van der Waals surface area contributed by atoms with Crippen LogP contribution in [0.5, 0.6) is 0 Å². The van der Waals surface area contributed by atoms with Gasteiger partial charge < -0.3 is 8.85 Å². The molecule has 0 bridgehead atoms. The second kappa shape index (κ2) is 11.0. The maximum Gasteiger partial charge on any atom is 0.369 e. The maximum atomic E-state index is 11.1. The summed E-state index contributed by atoms with van der Waals surface area (Å²) in [5.41, 5.74) is 8.18. The van der Waals surface area contributed by atoms with Crippen LogP contribution >= 0.6 is 0 Å². The molecule has 0 saturated heterocycles. The molecule has 0 saturated carbocycles. The molecule has 0 N–H and O–H groups in total. The van der Waals surface area contributed by atoms with E-state index in [1.54, 1.807) is 0 Å². The Kier molecular flexibility index (Phi) is 9.24. The normalized spacial score (nSPS) is 13.1. The fourth-order valence-corrected chi connectivity index (χ4v) is 4.39. The number of azide groups is 1. The standard InChI is InChI=1S/C16H25N3O3Si/c1-3-4-13-21-23(2,15-10-6-5-7-11-15)22-14-9-8-12-16(20)18-19-17/h5-7,10-11H,3-4,8-9,12-14H2,1-2H3. The maximum absolute atomic E-state index is 11.1. The molecule has 1 rings (SSSR count). The fourth-order valence-electron chi connectivity index (χ4n) is 2.11. The predicted molar refractivity (Wildman–Crippen MR) is 92.5 cm³/mol. The second-order valence-electron chi connectivity index (χ2n) is 5.40. The molecular weight excluding hydrogens is 310 g/mol. The van der Waals surface area contributed by atoms with E-state index in [9.17, 15) is 4.79 Å². The van der Waals surface area contributed by atoms with Gasteiger partial charge in [-0.3, -0.25) is 4.79 Å². The first-order valence-corrected chi connectivity index (χ1v) is 10.4. The third kappa shape index (κ3) is 7.43. The molecule has 0 radical (unpaired) electrons. The first-order chi connectivity index (χ1) is 11.1. The van der Waals surface area contributed by atoms with Crippen molar-refractivity contribution in [3.63, 3.8) is 0 Å². The molecule has 0 aliphatic carbocycles. The molecule has 0 fully saturated rings. The van der Waals surface area contributed by atoms with Crippen LogP contribution in [-0.4, -0.2) is 27.7 Å². The summed E-state index contributed by atoms with van der Waals surface area (Å²) < 4.78 is 12.2. The zero-order chi connectivity index (χ0) is 17.0. The van der Waals surface area contributed by atoms with Crippen molar-refractivity contribution in [3.8, 4) is 0 Å². The molecule has 1 amide bonds. The largest absolute Gasteiger partial charge is 0.391 e. The highest BCUT2D eigenvalue weighted by Gasteiger charge is 2.33. The molecule has 126 valence electrons. The minimum absolute atomic E-state index is 0.258. The van der Waals surface area contributed by atoms with Crippen LogP contribution in [0.2, 0.25) is 6.55 Å². The summed E-state index contributed by atoms with van der Waals surface area (Å²) in [6, 6.07) is 10.1. The van der Waals surface area contributed by atoms with Crippen molar-refractivity contribution < 1.29 is 13.6 Å². The predicted octanol–water partition coefficient (Wildman–Crippen LogP) is 3.81. The number of benzene rings is 1. The summed E-state index contributed by atoms with van der Waals surface area (Å²) in [5.74, 6) is -0.422. The Bertz CT molecular complexity index is 521. The van der Waals surface area contributed by atoms with Gasteiger partial charge in [0.15, 0.2) is 0 Å². The molecular formula is C16H25N3O3Si. The van der Waals surface area contributed by atoms with Crippen LogP contribution in [0.4, 0.5) is 0 Å². The van der Waals surface area contributed by atoms with E-state index in [2.05, 4.69) is 23.5 Å². The smallest absolute Gasteiger partial charge is 0.369 e. The van der Waals surface area contributed by atoms with E-state index in [1.165, 1.54) is 0 Å². The molecule has 23 heavy (non-hydrogen) atoms. The molecule has 0 aliphatic rings. The lowest BCUT2D eigenvalue weighted by Crippen LogP contribution is -2.51. The van der Waals surface area contributed by atoms with Crippen LogP contribution in [0.1, 0.15) is 39.0 Å². The summed E-state index contributed by atoms with van der Waals surface area (Å²) >= 11 is 0. The molecule has 1 atom stereocenters. The SMILES string of the molecule is CCCCO[Si](C)(OCCCCC(=O)N=[N+]=[N-])c1ccccc1. The van der Waals surface area contributed by atoms with E-state index < -0.39 is 14.5 Å². The summed E-state index contributed by atoms with van der Waals surface area (Å²) in [6.07, 6.45) is 3.74. The van der Waals surface area contributed by atoms with E-state index in [1.807, 2.05) is 30.3 Å². The average Bonchev–Trinajstić information content (AvgIpc) is 2.56. The van der Waals surface area contributed by atoms with Crippen molar-refractivity contribution in [2.45, 2.75) is 45.6 Å². The van der Waals surface area contributed by atoms with Crippen LogP contribution in [0.3, 0.4) is 0 Å². The quantitative estimate of drug-likeness (QED) is 0.203. The monoisotopic (exact) mass is 335 g/mol. The van der Waals surface area contributed by atoms with Gasteiger partial charge in [0.1, 0.15) is 0 Å². The molecule has 0 aliphatic heterocycles. The first-order valence-electron chi connectivity index (χ1n) is 8.03. The van der Waals surface area contributed by atoms with Crippen LogP contribution in [0, 0.1) is 0 Å². The topological polar surface area (TPSA) is 84.3 Å². The number of carbonyl (C=O) groups is 1. The minimum Gasteiger partial charge on any atom is -0.391 e. The third-order valence-corrected chi connectivity index (χ3v) is 6.38. The summed E-state index contributed by atoms with van der Waals surface area (Å²) in [4.78, 5) is 13.6. The number of carbonyl (C=O) groups excluding carboxylic acids is 1. The van der Waals surface area contributed by atoms with Gasteiger partial charge >= 0.3 is 8.56 Å². The summed E-state index contributed by atoms with van der Waals surface area (Å²) in [7, 11) is -2.42. The number of unbranched alkanes of at least 4 members (excludes halogenated alkanes) is 2. The molecule has 1 unspecified atom stereocenters. The third-order valence-electron chi connectivity index (χ3n) is 3.49. The van der Waals surface area contributed by atoms with Crippen molar-refractivity contribution in [2.75, 3.05) is 13.2 Å². The lowest BCUT2D eigenvalue weighted by molar-refractivity contribution is -0.118. The summed E-state index contributed by atoms with van der Waals surface area (Å²) in [6.45, 7) is 5.42. The number of amides is 1. The summed E-state index contributed by atoms with van der Waals surface area (Å²) in [5, 5.41) is 4.17. The molecule has 0 aromatic heterocycles. The van der Waals surface area contributed by atoms with Crippen molar-refractivity contribution in [2.24, 2.45) is 5.11 Å². The number of nitrogens with zero attached hydrogens (tertiary/aromatic N) is 3. The van der Waals surface area contributed by atoms with E-state index in [0.29, 0.717) is 19.6 Å². The van der Waals surface area contributed by atoms with Crippen LogP contribution in [-0.2, 0) is 13.6 Å². The molecule has 1 aromatic carbocycles. The van der Waals surface area contributed by atoms with Crippen molar-refractivity contribution in [1.82, 2.24) is 0 Å². The van der Waals surface area contributed by atoms with E-state index in [-0.39, 0.29) is 6.42 Å². The number of hydrogen-bond acceptors (Lipinski definition) is 3. The van der Waals surface area contributed by atoms with Gasteiger partial charge in [-0.15, -0.1) is 0 Å². The first kappa shape index (κ1) is 19.4. The van der Waals surface area contributed by atoms with Crippen LogP contribution in [0.15, 0.2) is 35.4 Å². The Morgan fingerprint density at radius 2 is 1.83 bits per heavy atom. The van der Waals surface area contributed by atoms with Gasteiger partial charge in [-0.2, -0.15) is 0 Å².